The highest BCUT2D eigenvalue weighted by Gasteiger charge is 2.21. The normalized spacial score (nSPS) is 20.5. The maximum atomic E-state index is 12.2. The van der Waals surface area contributed by atoms with Crippen LogP contribution in [0.1, 0.15) is 37.1 Å². The first-order valence-corrected chi connectivity index (χ1v) is 10.9. The van der Waals surface area contributed by atoms with Gasteiger partial charge < -0.3 is 5.32 Å². The highest BCUT2D eigenvalue weighted by atomic mass is 32.1. The number of likely N-dealkylation sites (tertiary alicyclic amines) is 1. The zero-order chi connectivity index (χ0) is 19.5. The molecule has 0 radical (unpaired) electrons. The molecule has 4 rings (SSSR count). The van der Waals surface area contributed by atoms with Gasteiger partial charge in [0.25, 0.3) is 0 Å². The topological polar surface area (TPSA) is 49.6 Å². The molecular weight excluding hydrogens is 368 g/mol. The fraction of sp³-hybridized carbons (Fsp3) is 0.455. The quantitative estimate of drug-likeness (QED) is 0.691. The number of piperidine rings is 1. The van der Waals surface area contributed by atoms with Gasteiger partial charge in [-0.3, -0.25) is 14.1 Å². The summed E-state index contributed by atoms with van der Waals surface area (Å²) < 4.78 is 1.95. The van der Waals surface area contributed by atoms with Crippen LogP contribution in [0.2, 0.25) is 0 Å². The molecule has 148 valence electrons. The molecule has 28 heavy (non-hydrogen) atoms. The number of benzene rings is 1. The monoisotopic (exact) mass is 396 g/mol. The predicted molar refractivity (Wildman–Crippen MR) is 113 cm³/mol. The minimum Gasteiger partial charge on any atom is -0.352 e. The average molecular weight is 397 g/mol. The largest absolute Gasteiger partial charge is 0.352 e. The fourth-order valence-electron chi connectivity index (χ4n) is 4.23. The molecular formula is C22H28N4OS. The van der Waals surface area contributed by atoms with Gasteiger partial charge in [-0.15, -0.1) is 11.3 Å². The standard InChI is InChI=1S/C22H28N4OS/c1-16-9-17(2)13-25(12-16)14-19-5-3-18(4-6-19)11-23-21(27)10-20-15-26-7-8-28-22(26)24-20/h3-8,15-17H,9-14H2,1-2H3,(H,23,27). The molecule has 1 aromatic carbocycles. The molecule has 1 fully saturated rings. The first-order chi connectivity index (χ1) is 13.5. The Labute approximate surface area is 170 Å². The molecule has 1 N–H and O–H groups in total. The van der Waals surface area contributed by atoms with E-state index in [-0.39, 0.29) is 5.91 Å². The van der Waals surface area contributed by atoms with Gasteiger partial charge in [0.05, 0.1) is 12.1 Å². The van der Waals surface area contributed by atoms with Crippen molar-refractivity contribution in [3.63, 3.8) is 0 Å². The number of nitrogens with one attached hydrogen (secondary N) is 1. The summed E-state index contributed by atoms with van der Waals surface area (Å²) in [5.41, 5.74) is 3.28. The van der Waals surface area contributed by atoms with Crippen molar-refractivity contribution in [1.29, 1.82) is 0 Å². The van der Waals surface area contributed by atoms with Crippen molar-refractivity contribution in [3.8, 4) is 0 Å². The van der Waals surface area contributed by atoms with E-state index in [1.54, 1.807) is 11.3 Å². The Morgan fingerprint density at radius 2 is 1.89 bits per heavy atom. The lowest BCUT2D eigenvalue weighted by Crippen LogP contribution is -2.38. The summed E-state index contributed by atoms with van der Waals surface area (Å²) in [6.45, 7) is 8.64. The molecule has 3 heterocycles. The van der Waals surface area contributed by atoms with Gasteiger partial charge in [-0.25, -0.2) is 4.98 Å². The van der Waals surface area contributed by atoms with Crippen LogP contribution in [0.25, 0.3) is 4.96 Å². The van der Waals surface area contributed by atoms with Crippen molar-refractivity contribution < 1.29 is 4.79 Å². The fourth-order valence-corrected chi connectivity index (χ4v) is 4.95. The molecule has 2 unspecified atom stereocenters. The van der Waals surface area contributed by atoms with Crippen molar-refractivity contribution in [2.24, 2.45) is 11.8 Å². The van der Waals surface area contributed by atoms with Gasteiger partial charge in [-0.2, -0.15) is 0 Å². The molecule has 6 heteroatoms. The van der Waals surface area contributed by atoms with Crippen LogP contribution in [0.3, 0.4) is 0 Å². The molecule has 5 nitrogen and oxygen atoms in total. The van der Waals surface area contributed by atoms with Gasteiger partial charge in [0, 0.05) is 44.0 Å². The number of hydrogen-bond acceptors (Lipinski definition) is 4. The van der Waals surface area contributed by atoms with E-state index in [0.717, 1.165) is 34.6 Å². The van der Waals surface area contributed by atoms with Crippen LogP contribution < -0.4 is 5.32 Å². The Morgan fingerprint density at radius 3 is 2.61 bits per heavy atom. The van der Waals surface area contributed by atoms with E-state index in [0.29, 0.717) is 13.0 Å². The first kappa shape index (κ1) is 19.2. The number of thiazole rings is 1. The summed E-state index contributed by atoms with van der Waals surface area (Å²) >= 11 is 1.58. The Morgan fingerprint density at radius 1 is 1.18 bits per heavy atom. The third-order valence-electron chi connectivity index (χ3n) is 5.35. The molecule has 0 spiro atoms. The minimum absolute atomic E-state index is 0.00567. The molecule has 1 saturated heterocycles. The Hall–Kier alpha value is -2.18. The number of amides is 1. The second kappa shape index (κ2) is 8.45. The number of aromatic nitrogens is 2. The van der Waals surface area contributed by atoms with Gasteiger partial charge in [0.2, 0.25) is 5.91 Å². The lowest BCUT2D eigenvalue weighted by Gasteiger charge is -2.35. The van der Waals surface area contributed by atoms with Crippen LogP contribution in [0.4, 0.5) is 0 Å². The lowest BCUT2D eigenvalue weighted by molar-refractivity contribution is -0.120. The molecule has 2 aromatic heterocycles. The SMILES string of the molecule is CC1CC(C)CN(Cc2ccc(CNC(=O)Cc3cn4ccsc4n3)cc2)C1. The summed E-state index contributed by atoms with van der Waals surface area (Å²) in [6.07, 6.45) is 5.54. The zero-order valence-electron chi connectivity index (χ0n) is 16.6. The van der Waals surface area contributed by atoms with Crippen LogP contribution in [-0.4, -0.2) is 33.3 Å². The second-order valence-electron chi connectivity index (χ2n) is 8.24. The van der Waals surface area contributed by atoms with Gasteiger partial charge in [-0.05, 0) is 29.4 Å². The average Bonchev–Trinajstić information content (AvgIpc) is 3.22. The summed E-state index contributed by atoms with van der Waals surface area (Å²) in [5.74, 6) is 1.57. The molecule has 1 amide bonds. The van der Waals surface area contributed by atoms with E-state index in [4.69, 9.17) is 0 Å². The van der Waals surface area contributed by atoms with Crippen molar-refractivity contribution in [2.75, 3.05) is 13.1 Å². The molecule has 0 saturated carbocycles. The van der Waals surface area contributed by atoms with Crippen LogP contribution in [0.5, 0.6) is 0 Å². The summed E-state index contributed by atoms with van der Waals surface area (Å²) in [5, 5.41) is 4.99. The molecule has 0 bridgehead atoms. The van der Waals surface area contributed by atoms with Gasteiger partial charge in [0.15, 0.2) is 4.96 Å². The van der Waals surface area contributed by atoms with Crippen LogP contribution >= 0.6 is 11.3 Å². The number of imidazole rings is 1. The minimum atomic E-state index is 0.00567. The van der Waals surface area contributed by atoms with Crippen LogP contribution in [0, 0.1) is 11.8 Å². The number of rotatable bonds is 6. The highest BCUT2D eigenvalue weighted by Crippen LogP contribution is 2.22. The summed E-state index contributed by atoms with van der Waals surface area (Å²) in [7, 11) is 0. The first-order valence-electron chi connectivity index (χ1n) is 10.0. The van der Waals surface area contributed by atoms with Crippen molar-refractivity contribution in [2.45, 2.75) is 39.8 Å². The molecule has 1 aliphatic rings. The Balaban J connectivity index is 1.26. The van der Waals surface area contributed by atoms with Gasteiger partial charge in [0.1, 0.15) is 0 Å². The van der Waals surface area contributed by atoms with Gasteiger partial charge in [-0.1, -0.05) is 38.1 Å². The van der Waals surface area contributed by atoms with Gasteiger partial charge >= 0.3 is 0 Å². The zero-order valence-corrected chi connectivity index (χ0v) is 17.4. The Bertz CT molecular complexity index is 891. The van der Waals surface area contributed by atoms with E-state index < -0.39 is 0 Å². The third-order valence-corrected chi connectivity index (χ3v) is 6.12. The second-order valence-corrected chi connectivity index (χ2v) is 9.11. The third kappa shape index (κ3) is 4.80. The lowest BCUT2D eigenvalue weighted by atomic mass is 9.91. The maximum Gasteiger partial charge on any atom is 0.226 e. The van der Waals surface area contributed by atoms with Crippen molar-refractivity contribution >= 4 is 22.2 Å². The number of hydrogen-bond donors (Lipinski definition) is 1. The van der Waals surface area contributed by atoms with E-state index >= 15 is 0 Å². The van der Waals surface area contributed by atoms with Crippen LogP contribution in [-0.2, 0) is 24.3 Å². The molecule has 3 aromatic rings. The predicted octanol–water partition coefficient (Wildman–Crippen LogP) is 3.73. The molecule has 0 aliphatic carbocycles. The molecule has 1 aliphatic heterocycles. The summed E-state index contributed by atoms with van der Waals surface area (Å²) in [6, 6.07) is 8.63. The van der Waals surface area contributed by atoms with Crippen LogP contribution in [0.15, 0.2) is 42.0 Å². The van der Waals surface area contributed by atoms with E-state index in [2.05, 4.69) is 53.3 Å². The molecule has 2 atom stereocenters. The Kier molecular flexibility index (Phi) is 5.78. The smallest absolute Gasteiger partial charge is 0.226 e. The summed E-state index contributed by atoms with van der Waals surface area (Å²) in [4.78, 5) is 20.2. The number of nitrogens with zero attached hydrogens (tertiary/aromatic N) is 3. The van der Waals surface area contributed by atoms with Crippen molar-refractivity contribution in [1.82, 2.24) is 19.6 Å². The maximum absolute atomic E-state index is 12.2. The van der Waals surface area contributed by atoms with E-state index in [9.17, 15) is 4.79 Å². The number of carbonyl (C=O) groups excluding carboxylic acids is 1. The van der Waals surface area contributed by atoms with Crippen molar-refractivity contribution in [3.05, 3.63) is 58.9 Å². The highest BCUT2D eigenvalue weighted by molar-refractivity contribution is 7.15. The number of fused-ring (bicyclic) bond motifs is 1. The number of carbonyl (C=O) groups is 1. The van der Waals surface area contributed by atoms with E-state index in [1.807, 2.05) is 22.2 Å². The van der Waals surface area contributed by atoms with E-state index in [1.165, 1.54) is 25.1 Å².